The predicted molar refractivity (Wildman–Crippen MR) is 91.6 cm³/mol. The first-order valence-electron chi connectivity index (χ1n) is 7.01. The monoisotopic (exact) mass is 359 g/mol. The van der Waals surface area contributed by atoms with Crippen molar-refractivity contribution in [3.8, 4) is 0 Å². The van der Waals surface area contributed by atoms with E-state index in [0.29, 0.717) is 24.3 Å². The highest BCUT2D eigenvalue weighted by Crippen LogP contribution is 2.61. The van der Waals surface area contributed by atoms with Gasteiger partial charge in [-0.3, -0.25) is 14.5 Å². The molecule has 8 heteroatoms. The lowest BCUT2D eigenvalue weighted by atomic mass is 10.1. The molecule has 0 saturated heterocycles. The van der Waals surface area contributed by atoms with E-state index in [4.69, 9.17) is 20.9 Å². The van der Waals surface area contributed by atoms with E-state index in [0.717, 1.165) is 6.42 Å². The second-order valence-corrected chi connectivity index (χ2v) is 10.8. The van der Waals surface area contributed by atoms with Crippen LogP contribution in [0.15, 0.2) is 24.3 Å². The van der Waals surface area contributed by atoms with Gasteiger partial charge in [-0.2, -0.15) is 0 Å². The molecule has 0 aliphatic carbocycles. The van der Waals surface area contributed by atoms with E-state index in [1.54, 1.807) is 24.3 Å². The van der Waals surface area contributed by atoms with Gasteiger partial charge in [0.2, 0.25) is 5.69 Å². The van der Waals surface area contributed by atoms with Gasteiger partial charge in [0.05, 0.1) is 30.2 Å². The molecule has 1 heterocycles. The summed E-state index contributed by atoms with van der Waals surface area (Å²) >= 11 is 6.67. The van der Waals surface area contributed by atoms with Gasteiger partial charge >= 0.3 is 0 Å². The molecule has 22 heavy (non-hydrogen) atoms. The van der Waals surface area contributed by atoms with Crippen LogP contribution in [-0.2, 0) is 20.9 Å². The quantitative estimate of drug-likeness (QED) is 0.522. The molecule has 2 amide bonds. The van der Waals surface area contributed by atoms with E-state index in [-0.39, 0.29) is 17.7 Å². The van der Waals surface area contributed by atoms with Gasteiger partial charge in [-0.25, -0.2) is 0 Å². The van der Waals surface area contributed by atoms with Crippen molar-refractivity contribution in [3.63, 3.8) is 0 Å². The molecule has 2 rings (SSSR count). The van der Waals surface area contributed by atoms with Gasteiger partial charge in [0.15, 0.2) is 0 Å². The van der Waals surface area contributed by atoms with Crippen LogP contribution >= 0.6 is 17.1 Å². The second kappa shape index (κ2) is 7.70. The van der Waals surface area contributed by atoms with Crippen molar-refractivity contribution < 1.29 is 18.6 Å². The fraction of sp³-hybridized carbons (Fsp3) is 0.429. The standard InChI is InChI=1S/C14H18NO4PS2/c1-3-9-19-20(21,18-4-2)22-10-15-13(16)11-7-5-6-8-12(11)14(15)17/h5-8H,3-4,9-10H2,1-2H3. The second-order valence-electron chi connectivity index (χ2n) is 4.54. The molecule has 0 spiro atoms. The van der Waals surface area contributed by atoms with Crippen LogP contribution in [-0.4, -0.2) is 35.8 Å². The Morgan fingerprint density at radius 3 is 2.23 bits per heavy atom. The number of carbonyl (C=O) groups is 2. The zero-order chi connectivity index (χ0) is 16.2. The van der Waals surface area contributed by atoms with Crippen molar-refractivity contribution in [2.24, 2.45) is 0 Å². The van der Waals surface area contributed by atoms with Gasteiger partial charge in [-0.15, -0.1) is 0 Å². The van der Waals surface area contributed by atoms with Crippen LogP contribution in [0.25, 0.3) is 0 Å². The van der Waals surface area contributed by atoms with Gasteiger partial charge < -0.3 is 9.05 Å². The highest BCUT2D eigenvalue weighted by molar-refractivity contribution is 8.67. The molecule has 1 aliphatic heterocycles. The average Bonchev–Trinajstić information content (AvgIpc) is 2.76. The summed E-state index contributed by atoms with van der Waals surface area (Å²) in [5.74, 6) is -0.434. The number of nitrogens with zero attached hydrogens (tertiary/aromatic N) is 1. The lowest BCUT2D eigenvalue weighted by molar-refractivity contribution is 0.0684. The van der Waals surface area contributed by atoms with E-state index in [9.17, 15) is 9.59 Å². The number of fused-ring (bicyclic) bond motifs is 1. The lowest BCUT2D eigenvalue weighted by Gasteiger charge is -2.22. The minimum Gasteiger partial charge on any atom is -0.322 e. The zero-order valence-electron chi connectivity index (χ0n) is 12.5. The van der Waals surface area contributed by atoms with Gasteiger partial charge in [0.25, 0.3) is 11.8 Å². The van der Waals surface area contributed by atoms with Crippen LogP contribution in [0.3, 0.4) is 0 Å². The van der Waals surface area contributed by atoms with Crippen molar-refractivity contribution in [1.82, 2.24) is 4.90 Å². The number of rotatable bonds is 8. The number of carbonyl (C=O) groups excluding carboxylic acids is 2. The maximum atomic E-state index is 12.3. The Kier molecular flexibility index (Phi) is 6.17. The predicted octanol–water partition coefficient (Wildman–Crippen LogP) is 3.66. The van der Waals surface area contributed by atoms with Gasteiger partial charge in [-0.05, 0) is 48.7 Å². The lowest BCUT2D eigenvalue weighted by Crippen LogP contribution is -2.29. The van der Waals surface area contributed by atoms with E-state index in [1.165, 1.54) is 16.3 Å². The third-order valence-electron chi connectivity index (χ3n) is 2.96. The van der Waals surface area contributed by atoms with E-state index >= 15 is 0 Å². The van der Waals surface area contributed by atoms with Crippen LogP contribution in [0, 0.1) is 0 Å². The van der Waals surface area contributed by atoms with Crippen LogP contribution < -0.4 is 0 Å². The molecule has 0 fully saturated rings. The van der Waals surface area contributed by atoms with Gasteiger partial charge in [0, 0.05) is 0 Å². The summed E-state index contributed by atoms with van der Waals surface area (Å²) < 4.78 is 11.2. The third kappa shape index (κ3) is 3.78. The van der Waals surface area contributed by atoms with Crippen molar-refractivity contribution in [1.29, 1.82) is 0 Å². The Morgan fingerprint density at radius 2 is 1.73 bits per heavy atom. The van der Waals surface area contributed by atoms with Crippen molar-refractivity contribution in [2.75, 3.05) is 19.1 Å². The molecule has 1 aliphatic rings. The number of benzene rings is 1. The summed E-state index contributed by atoms with van der Waals surface area (Å²) in [5.41, 5.74) is -1.66. The molecule has 1 aromatic rings. The molecule has 0 bridgehead atoms. The average molecular weight is 359 g/mol. The molecular formula is C14H18NO4PS2. The molecule has 1 unspecified atom stereocenters. The van der Waals surface area contributed by atoms with Crippen LogP contribution in [0.5, 0.6) is 0 Å². The van der Waals surface area contributed by atoms with Crippen LogP contribution in [0.2, 0.25) is 0 Å². The fourth-order valence-electron chi connectivity index (χ4n) is 1.96. The molecule has 0 aromatic heterocycles. The van der Waals surface area contributed by atoms with Gasteiger partial charge in [-0.1, -0.05) is 19.1 Å². The Hall–Kier alpha value is -0.720. The molecule has 0 N–H and O–H groups in total. The number of amides is 2. The van der Waals surface area contributed by atoms with Crippen molar-refractivity contribution in [2.45, 2.75) is 20.3 Å². The third-order valence-corrected chi connectivity index (χ3v) is 8.24. The molecular weight excluding hydrogens is 341 g/mol. The fourth-order valence-corrected chi connectivity index (χ4v) is 6.12. The molecule has 120 valence electrons. The zero-order valence-corrected chi connectivity index (χ0v) is 15.0. The minimum atomic E-state index is -2.53. The first-order chi connectivity index (χ1) is 10.5. The first-order valence-corrected chi connectivity index (χ1v) is 11.2. The Morgan fingerprint density at radius 1 is 1.14 bits per heavy atom. The maximum Gasteiger partial charge on any atom is 0.262 e. The smallest absolute Gasteiger partial charge is 0.262 e. The summed E-state index contributed by atoms with van der Waals surface area (Å²) in [7, 11) is 0. The Bertz CT molecular complexity index is 588. The molecule has 5 nitrogen and oxygen atoms in total. The van der Waals surface area contributed by atoms with Crippen molar-refractivity contribution >= 4 is 40.7 Å². The summed E-state index contributed by atoms with van der Waals surface area (Å²) in [6.07, 6.45) is 0.832. The SMILES string of the molecule is CCCOP(=S)(OCC)SCN1C(=O)c2ccccc2C1=O. The summed E-state index contributed by atoms with van der Waals surface area (Å²) in [5, 5.41) is 0. The molecule has 1 aromatic carbocycles. The highest BCUT2D eigenvalue weighted by atomic mass is 32.9. The molecule has 0 saturated carbocycles. The van der Waals surface area contributed by atoms with E-state index in [2.05, 4.69) is 0 Å². The van der Waals surface area contributed by atoms with Crippen LogP contribution in [0.1, 0.15) is 41.0 Å². The maximum absolute atomic E-state index is 12.3. The van der Waals surface area contributed by atoms with Gasteiger partial charge in [0.1, 0.15) is 0 Å². The Labute approximate surface area is 139 Å². The minimum absolute atomic E-state index is 0.146. The molecule has 1 atom stereocenters. The largest absolute Gasteiger partial charge is 0.322 e. The number of hydrogen-bond acceptors (Lipinski definition) is 6. The normalized spacial score (nSPS) is 16.7. The van der Waals surface area contributed by atoms with Crippen LogP contribution in [0.4, 0.5) is 0 Å². The number of imide groups is 1. The van der Waals surface area contributed by atoms with E-state index in [1.807, 2.05) is 13.8 Å². The summed E-state index contributed by atoms with van der Waals surface area (Å²) in [6, 6.07) is 6.81. The van der Waals surface area contributed by atoms with E-state index < -0.39 is 5.69 Å². The summed E-state index contributed by atoms with van der Waals surface area (Å²) in [6.45, 7) is 4.78. The summed E-state index contributed by atoms with van der Waals surface area (Å²) in [4.78, 5) is 25.8. The van der Waals surface area contributed by atoms with Crippen molar-refractivity contribution in [3.05, 3.63) is 35.4 Å². The topological polar surface area (TPSA) is 55.8 Å². The Balaban J connectivity index is 2.07. The molecule has 0 radical (unpaired) electrons. The first kappa shape index (κ1) is 17.6. The number of hydrogen-bond donors (Lipinski definition) is 0. The highest BCUT2D eigenvalue weighted by Gasteiger charge is 2.36.